The molecule has 0 N–H and O–H groups in total. The molecular formula is C14H19NO2. The maximum Gasteiger partial charge on any atom is 0.225 e. The summed E-state index contributed by atoms with van der Waals surface area (Å²) in [6.45, 7) is 3.51. The highest BCUT2D eigenvalue weighted by molar-refractivity contribution is 5.81. The second-order valence-corrected chi connectivity index (χ2v) is 4.47. The van der Waals surface area contributed by atoms with Crippen LogP contribution in [0.25, 0.3) is 0 Å². The van der Waals surface area contributed by atoms with Gasteiger partial charge in [0.15, 0.2) is 0 Å². The summed E-state index contributed by atoms with van der Waals surface area (Å²) in [6, 6.07) is 7.90. The third-order valence-electron chi connectivity index (χ3n) is 3.15. The maximum atomic E-state index is 12.0. The molecular weight excluding hydrogens is 214 g/mol. The van der Waals surface area contributed by atoms with E-state index in [1.165, 1.54) is 0 Å². The van der Waals surface area contributed by atoms with Gasteiger partial charge in [0.2, 0.25) is 5.91 Å². The Morgan fingerprint density at radius 2 is 2.00 bits per heavy atom. The molecule has 0 unspecified atom stereocenters. The number of nitrogens with zero attached hydrogens (tertiary/aromatic N) is 1. The number of carbonyl (C=O) groups is 1. The van der Waals surface area contributed by atoms with E-state index in [9.17, 15) is 4.79 Å². The van der Waals surface area contributed by atoms with E-state index in [-0.39, 0.29) is 0 Å². The topological polar surface area (TPSA) is 29.5 Å². The number of benzene rings is 1. The number of ether oxygens (including phenoxy) is 1. The largest absolute Gasteiger partial charge is 0.497 e. The molecule has 1 aromatic carbocycles. The molecule has 1 saturated carbocycles. The molecule has 1 aliphatic rings. The van der Waals surface area contributed by atoms with E-state index >= 15 is 0 Å². The molecule has 1 fully saturated rings. The van der Waals surface area contributed by atoms with Gasteiger partial charge in [0.1, 0.15) is 5.75 Å². The first-order valence-electron chi connectivity index (χ1n) is 6.16. The van der Waals surface area contributed by atoms with Gasteiger partial charge >= 0.3 is 0 Å². The molecule has 0 atom stereocenters. The van der Waals surface area contributed by atoms with Crippen molar-refractivity contribution in [1.82, 2.24) is 4.90 Å². The third-order valence-corrected chi connectivity index (χ3v) is 3.15. The first-order chi connectivity index (χ1) is 8.24. The molecule has 0 heterocycles. The van der Waals surface area contributed by atoms with Gasteiger partial charge in [-0.1, -0.05) is 12.1 Å². The maximum absolute atomic E-state index is 12.0. The van der Waals surface area contributed by atoms with E-state index in [1.807, 2.05) is 36.1 Å². The average molecular weight is 233 g/mol. The van der Waals surface area contributed by atoms with Crippen molar-refractivity contribution in [3.8, 4) is 5.75 Å². The highest BCUT2D eigenvalue weighted by Gasteiger charge is 2.32. The SMILES string of the molecule is CCN(Cc1ccc(OC)cc1)C(=O)C1CC1. The van der Waals surface area contributed by atoms with E-state index in [2.05, 4.69) is 0 Å². The number of rotatable bonds is 5. The number of hydrogen-bond donors (Lipinski definition) is 0. The summed E-state index contributed by atoms with van der Waals surface area (Å²) < 4.78 is 5.12. The Bertz CT molecular complexity index is 382. The Morgan fingerprint density at radius 3 is 2.47 bits per heavy atom. The molecule has 92 valence electrons. The summed E-state index contributed by atoms with van der Waals surface area (Å²) in [5.41, 5.74) is 1.15. The van der Waals surface area contributed by atoms with Crippen LogP contribution in [0.3, 0.4) is 0 Å². The van der Waals surface area contributed by atoms with E-state index in [0.717, 1.165) is 30.7 Å². The van der Waals surface area contributed by atoms with Gasteiger partial charge in [0.05, 0.1) is 7.11 Å². The molecule has 17 heavy (non-hydrogen) atoms. The second-order valence-electron chi connectivity index (χ2n) is 4.47. The lowest BCUT2D eigenvalue weighted by Gasteiger charge is -2.21. The van der Waals surface area contributed by atoms with Crippen LogP contribution >= 0.6 is 0 Å². The lowest BCUT2D eigenvalue weighted by Crippen LogP contribution is -2.31. The van der Waals surface area contributed by atoms with Crippen molar-refractivity contribution >= 4 is 5.91 Å². The Labute approximate surface area is 102 Å². The molecule has 2 rings (SSSR count). The van der Waals surface area contributed by atoms with E-state index in [4.69, 9.17) is 4.74 Å². The summed E-state index contributed by atoms with van der Waals surface area (Å²) >= 11 is 0. The fourth-order valence-corrected chi connectivity index (χ4v) is 1.89. The van der Waals surface area contributed by atoms with Crippen molar-refractivity contribution in [2.24, 2.45) is 5.92 Å². The molecule has 0 spiro atoms. The minimum Gasteiger partial charge on any atom is -0.497 e. The Balaban J connectivity index is 1.99. The fraction of sp³-hybridized carbons (Fsp3) is 0.500. The molecule has 3 nitrogen and oxygen atoms in total. The van der Waals surface area contributed by atoms with Gasteiger partial charge in [-0.05, 0) is 37.5 Å². The number of hydrogen-bond acceptors (Lipinski definition) is 2. The highest BCUT2D eigenvalue weighted by Crippen LogP contribution is 2.31. The molecule has 1 aliphatic carbocycles. The summed E-state index contributed by atoms with van der Waals surface area (Å²) in [4.78, 5) is 13.9. The van der Waals surface area contributed by atoms with E-state index in [0.29, 0.717) is 18.4 Å². The Hall–Kier alpha value is -1.51. The summed E-state index contributed by atoms with van der Waals surface area (Å²) in [6.07, 6.45) is 2.13. The monoisotopic (exact) mass is 233 g/mol. The smallest absolute Gasteiger partial charge is 0.225 e. The molecule has 1 aromatic rings. The van der Waals surface area contributed by atoms with Crippen molar-refractivity contribution in [3.05, 3.63) is 29.8 Å². The second kappa shape index (κ2) is 5.21. The summed E-state index contributed by atoms with van der Waals surface area (Å²) in [7, 11) is 1.66. The molecule has 0 aliphatic heterocycles. The van der Waals surface area contributed by atoms with Crippen LogP contribution in [0.2, 0.25) is 0 Å². The zero-order valence-corrected chi connectivity index (χ0v) is 10.5. The standard InChI is InChI=1S/C14H19NO2/c1-3-15(14(16)12-6-7-12)10-11-4-8-13(17-2)9-5-11/h4-5,8-9,12H,3,6-7,10H2,1-2H3. The number of methoxy groups -OCH3 is 1. The minimum atomic E-state index is 0.299. The Morgan fingerprint density at radius 1 is 1.35 bits per heavy atom. The van der Waals surface area contributed by atoms with E-state index in [1.54, 1.807) is 7.11 Å². The molecule has 0 radical (unpaired) electrons. The normalized spacial score (nSPS) is 14.5. The van der Waals surface area contributed by atoms with E-state index < -0.39 is 0 Å². The predicted octanol–water partition coefficient (Wildman–Crippen LogP) is 2.45. The van der Waals surface area contributed by atoms with Crippen LogP contribution in [0.5, 0.6) is 5.75 Å². The quantitative estimate of drug-likeness (QED) is 0.781. The molecule has 3 heteroatoms. The van der Waals surface area contributed by atoms with Crippen LogP contribution in [0, 0.1) is 5.92 Å². The lowest BCUT2D eigenvalue weighted by molar-refractivity contribution is -0.132. The third kappa shape index (κ3) is 2.99. The fourth-order valence-electron chi connectivity index (χ4n) is 1.89. The van der Waals surface area contributed by atoms with Crippen LogP contribution in [-0.2, 0) is 11.3 Å². The van der Waals surface area contributed by atoms with Crippen molar-refractivity contribution in [2.75, 3.05) is 13.7 Å². The van der Waals surface area contributed by atoms with Crippen LogP contribution in [0.1, 0.15) is 25.3 Å². The van der Waals surface area contributed by atoms with Crippen LogP contribution < -0.4 is 4.74 Å². The van der Waals surface area contributed by atoms with Crippen molar-refractivity contribution in [1.29, 1.82) is 0 Å². The Kier molecular flexibility index (Phi) is 3.67. The van der Waals surface area contributed by atoms with Crippen LogP contribution in [0.15, 0.2) is 24.3 Å². The predicted molar refractivity (Wildman–Crippen MR) is 66.8 cm³/mol. The van der Waals surface area contributed by atoms with Crippen LogP contribution in [0.4, 0.5) is 0 Å². The average Bonchev–Trinajstić information content (AvgIpc) is 3.20. The summed E-state index contributed by atoms with van der Waals surface area (Å²) in [5, 5.41) is 0. The van der Waals surface area contributed by atoms with Gasteiger partial charge in [-0.15, -0.1) is 0 Å². The van der Waals surface area contributed by atoms with Crippen LogP contribution in [-0.4, -0.2) is 24.5 Å². The zero-order chi connectivity index (χ0) is 12.3. The van der Waals surface area contributed by atoms with Crippen molar-refractivity contribution in [2.45, 2.75) is 26.3 Å². The molecule has 0 saturated heterocycles. The molecule has 0 aromatic heterocycles. The zero-order valence-electron chi connectivity index (χ0n) is 10.5. The van der Waals surface area contributed by atoms with Gasteiger partial charge in [0.25, 0.3) is 0 Å². The van der Waals surface area contributed by atoms with Gasteiger partial charge < -0.3 is 9.64 Å². The summed E-state index contributed by atoms with van der Waals surface area (Å²) in [5.74, 6) is 1.46. The first-order valence-corrected chi connectivity index (χ1v) is 6.16. The van der Waals surface area contributed by atoms with Crippen molar-refractivity contribution in [3.63, 3.8) is 0 Å². The first kappa shape index (κ1) is 12.0. The minimum absolute atomic E-state index is 0.299. The van der Waals surface area contributed by atoms with Gasteiger partial charge in [0, 0.05) is 19.0 Å². The van der Waals surface area contributed by atoms with Gasteiger partial charge in [-0.25, -0.2) is 0 Å². The molecule has 0 bridgehead atoms. The van der Waals surface area contributed by atoms with Gasteiger partial charge in [-0.3, -0.25) is 4.79 Å². The molecule has 1 amide bonds. The lowest BCUT2D eigenvalue weighted by atomic mass is 10.2. The van der Waals surface area contributed by atoms with Gasteiger partial charge in [-0.2, -0.15) is 0 Å². The number of carbonyl (C=O) groups excluding carboxylic acids is 1. The number of amides is 1. The van der Waals surface area contributed by atoms with Crippen molar-refractivity contribution < 1.29 is 9.53 Å². The highest BCUT2D eigenvalue weighted by atomic mass is 16.5.